The number of piperidine rings is 1. The van der Waals surface area contributed by atoms with E-state index in [4.69, 9.17) is 4.52 Å². The highest BCUT2D eigenvalue weighted by Crippen LogP contribution is 2.22. The lowest BCUT2D eigenvalue weighted by molar-refractivity contribution is -0.143. The number of hydrogen-bond donors (Lipinski definition) is 2. The van der Waals surface area contributed by atoms with E-state index in [1.54, 1.807) is 13.0 Å². The van der Waals surface area contributed by atoms with Gasteiger partial charge >= 0.3 is 12.0 Å². The van der Waals surface area contributed by atoms with E-state index < -0.39 is 12.0 Å². The molecule has 110 valence electrons. The number of aliphatic carboxylic acids is 1. The second kappa shape index (κ2) is 5.94. The van der Waals surface area contributed by atoms with Crippen molar-refractivity contribution in [1.29, 1.82) is 0 Å². The number of amides is 2. The first kappa shape index (κ1) is 14.4. The first-order valence-electron chi connectivity index (χ1n) is 6.67. The number of nitrogens with zero attached hydrogens (tertiary/aromatic N) is 2. The zero-order valence-electron chi connectivity index (χ0n) is 11.6. The van der Waals surface area contributed by atoms with Crippen LogP contribution in [-0.4, -0.2) is 39.8 Å². The Morgan fingerprint density at radius 2 is 2.35 bits per heavy atom. The van der Waals surface area contributed by atoms with Crippen LogP contribution in [0.1, 0.15) is 31.2 Å². The van der Waals surface area contributed by atoms with Gasteiger partial charge in [-0.1, -0.05) is 12.1 Å². The van der Waals surface area contributed by atoms with Crippen molar-refractivity contribution in [2.24, 2.45) is 5.92 Å². The van der Waals surface area contributed by atoms with Crippen molar-refractivity contribution in [3.63, 3.8) is 0 Å². The van der Waals surface area contributed by atoms with Gasteiger partial charge in [0.25, 0.3) is 0 Å². The van der Waals surface area contributed by atoms with Crippen LogP contribution in [0.3, 0.4) is 0 Å². The fourth-order valence-electron chi connectivity index (χ4n) is 2.39. The van der Waals surface area contributed by atoms with E-state index in [-0.39, 0.29) is 12.6 Å². The monoisotopic (exact) mass is 281 g/mol. The minimum atomic E-state index is -0.955. The SMILES string of the molecule is Cc1cc(CNC(=O)N2CCC(C)CC2C(=O)O)no1. The minimum Gasteiger partial charge on any atom is -0.480 e. The van der Waals surface area contributed by atoms with Crippen molar-refractivity contribution in [1.82, 2.24) is 15.4 Å². The van der Waals surface area contributed by atoms with E-state index in [0.717, 1.165) is 6.42 Å². The average molecular weight is 281 g/mol. The van der Waals surface area contributed by atoms with Crippen molar-refractivity contribution in [3.8, 4) is 0 Å². The molecule has 0 saturated carbocycles. The Labute approximate surface area is 116 Å². The molecule has 2 unspecified atom stereocenters. The molecule has 2 heterocycles. The molecule has 1 fully saturated rings. The number of carboxylic acid groups (broad SMARTS) is 1. The first-order valence-corrected chi connectivity index (χ1v) is 6.67. The number of nitrogens with one attached hydrogen (secondary N) is 1. The van der Waals surface area contributed by atoms with Gasteiger partial charge in [0.2, 0.25) is 0 Å². The van der Waals surface area contributed by atoms with Crippen LogP contribution in [0.4, 0.5) is 4.79 Å². The Bertz CT molecular complexity index is 500. The van der Waals surface area contributed by atoms with Crippen molar-refractivity contribution >= 4 is 12.0 Å². The Morgan fingerprint density at radius 3 is 2.95 bits per heavy atom. The molecule has 1 aliphatic heterocycles. The fraction of sp³-hybridized carbons (Fsp3) is 0.615. The lowest BCUT2D eigenvalue weighted by Crippen LogP contribution is -2.53. The summed E-state index contributed by atoms with van der Waals surface area (Å²) < 4.78 is 4.91. The molecule has 2 amide bonds. The van der Waals surface area contributed by atoms with Crippen LogP contribution in [0.2, 0.25) is 0 Å². The van der Waals surface area contributed by atoms with Gasteiger partial charge in [0.15, 0.2) is 0 Å². The van der Waals surface area contributed by atoms with Gasteiger partial charge in [-0.05, 0) is 25.7 Å². The normalized spacial score (nSPS) is 22.6. The van der Waals surface area contributed by atoms with E-state index in [9.17, 15) is 14.7 Å². The Morgan fingerprint density at radius 1 is 1.60 bits per heavy atom. The van der Waals surface area contributed by atoms with Crippen molar-refractivity contribution in [3.05, 3.63) is 17.5 Å². The zero-order valence-corrected chi connectivity index (χ0v) is 11.6. The number of hydrogen-bond acceptors (Lipinski definition) is 4. The van der Waals surface area contributed by atoms with Crippen LogP contribution in [0.25, 0.3) is 0 Å². The predicted octanol–water partition coefficient (Wildman–Crippen LogP) is 1.38. The van der Waals surface area contributed by atoms with E-state index in [0.29, 0.717) is 30.3 Å². The quantitative estimate of drug-likeness (QED) is 0.872. The van der Waals surface area contributed by atoms with E-state index >= 15 is 0 Å². The number of aromatic nitrogens is 1. The standard InChI is InChI=1S/C13H19N3O4/c1-8-3-4-16(11(5-8)12(17)18)13(19)14-7-10-6-9(2)20-15-10/h6,8,11H,3-5,7H2,1-2H3,(H,14,19)(H,17,18). The summed E-state index contributed by atoms with van der Waals surface area (Å²) >= 11 is 0. The molecule has 0 bridgehead atoms. The lowest BCUT2D eigenvalue weighted by Gasteiger charge is -2.35. The Hall–Kier alpha value is -2.05. The summed E-state index contributed by atoms with van der Waals surface area (Å²) in [5.41, 5.74) is 0.619. The molecule has 1 aromatic rings. The van der Waals surface area contributed by atoms with Gasteiger partial charge in [0, 0.05) is 12.6 Å². The van der Waals surface area contributed by atoms with Crippen LogP contribution in [0, 0.1) is 12.8 Å². The van der Waals surface area contributed by atoms with Crippen LogP contribution in [0.15, 0.2) is 10.6 Å². The summed E-state index contributed by atoms with van der Waals surface area (Å²) in [6.45, 7) is 4.46. The third-order valence-electron chi connectivity index (χ3n) is 3.51. The largest absolute Gasteiger partial charge is 0.480 e. The van der Waals surface area contributed by atoms with Gasteiger partial charge in [-0.15, -0.1) is 0 Å². The maximum Gasteiger partial charge on any atom is 0.326 e. The molecule has 1 aromatic heterocycles. The number of rotatable bonds is 3. The second-order valence-electron chi connectivity index (χ2n) is 5.26. The molecule has 2 N–H and O–H groups in total. The number of aryl methyl sites for hydroxylation is 1. The van der Waals surface area contributed by atoms with Gasteiger partial charge in [-0.3, -0.25) is 0 Å². The third kappa shape index (κ3) is 3.28. The molecule has 7 heteroatoms. The average Bonchev–Trinajstić information content (AvgIpc) is 2.81. The molecule has 2 atom stereocenters. The second-order valence-corrected chi connectivity index (χ2v) is 5.26. The molecule has 1 saturated heterocycles. The van der Waals surface area contributed by atoms with E-state index in [1.807, 2.05) is 6.92 Å². The number of carbonyl (C=O) groups is 2. The van der Waals surface area contributed by atoms with Gasteiger partial charge < -0.3 is 19.8 Å². The van der Waals surface area contributed by atoms with Crippen molar-refractivity contribution in [2.45, 2.75) is 39.3 Å². The van der Waals surface area contributed by atoms with Crippen LogP contribution < -0.4 is 5.32 Å². The smallest absolute Gasteiger partial charge is 0.326 e. The molecule has 20 heavy (non-hydrogen) atoms. The summed E-state index contributed by atoms with van der Waals surface area (Å²) in [4.78, 5) is 24.7. The van der Waals surface area contributed by atoms with Gasteiger partial charge in [-0.2, -0.15) is 0 Å². The molecule has 2 rings (SSSR count). The van der Waals surface area contributed by atoms with Gasteiger partial charge in [0.05, 0.1) is 6.54 Å². The number of urea groups is 1. The summed E-state index contributed by atoms with van der Waals surface area (Å²) in [6, 6.07) is 0.607. The van der Waals surface area contributed by atoms with Crippen LogP contribution in [-0.2, 0) is 11.3 Å². The highest BCUT2D eigenvalue weighted by molar-refractivity contribution is 5.82. The molecular weight excluding hydrogens is 262 g/mol. The van der Waals surface area contributed by atoms with Crippen LogP contribution >= 0.6 is 0 Å². The Kier molecular flexibility index (Phi) is 4.26. The summed E-state index contributed by atoms with van der Waals surface area (Å²) in [7, 11) is 0. The minimum absolute atomic E-state index is 0.231. The Balaban J connectivity index is 1.94. The summed E-state index contributed by atoms with van der Waals surface area (Å²) in [5, 5.41) is 15.7. The molecule has 7 nitrogen and oxygen atoms in total. The molecule has 0 aliphatic carbocycles. The van der Waals surface area contributed by atoms with Gasteiger partial charge in [-0.25, -0.2) is 9.59 Å². The topological polar surface area (TPSA) is 95.7 Å². The predicted molar refractivity (Wildman–Crippen MR) is 70.0 cm³/mol. The third-order valence-corrected chi connectivity index (χ3v) is 3.51. The summed E-state index contributed by atoms with van der Waals surface area (Å²) in [5.74, 6) is 0.0341. The van der Waals surface area contributed by atoms with Crippen molar-refractivity contribution in [2.75, 3.05) is 6.54 Å². The maximum atomic E-state index is 12.1. The highest BCUT2D eigenvalue weighted by atomic mass is 16.5. The molecule has 1 aliphatic rings. The van der Waals surface area contributed by atoms with E-state index in [1.165, 1.54) is 4.90 Å². The molecular formula is C13H19N3O4. The van der Waals surface area contributed by atoms with E-state index in [2.05, 4.69) is 10.5 Å². The van der Waals surface area contributed by atoms with Crippen LogP contribution in [0.5, 0.6) is 0 Å². The fourth-order valence-corrected chi connectivity index (χ4v) is 2.39. The first-order chi connectivity index (χ1) is 9.47. The van der Waals surface area contributed by atoms with Gasteiger partial charge in [0.1, 0.15) is 17.5 Å². The summed E-state index contributed by atoms with van der Waals surface area (Å²) in [6.07, 6.45) is 1.31. The number of carbonyl (C=O) groups excluding carboxylic acids is 1. The maximum absolute atomic E-state index is 12.1. The molecule has 0 aromatic carbocycles. The zero-order chi connectivity index (χ0) is 14.7. The molecule has 0 radical (unpaired) electrons. The molecule has 0 spiro atoms. The van der Waals surface area contributed by atoms with Crippen molar-refractivity contribution < 1.29 is 19.2 Å². The highest BCUT2D eigenvalue weighted by Gasteiger charge is 2.34. The number of carboxylic acids is 1. The number of likely N-dealkylation sites (tertiary alicyclic amines) is 1. The lowest BCUT2D eigenvalue weighted by atomic mass is 9.93.